The molecule has 0 amide bonds. The Bertz CT molecular complexity index is 824. The molecule has 2 aromatic carbocycles. The van der Waals surface area contributed by atoms with Gasteiger partial charge >= 0.3 is 0 Å². The molecule has 0 radical (unpaired) electrons. The standard InChI is InChI=1S/C20H21F2N3S/c21-17-11-16(12-18(22)19(17)25-8-1-2-9-25)24-20(26)23-15-7-6-13-4-3-5-14(13)10-15/h6-7,10-12H,1-5,8-9H2,(H2,23,24,26). The number of aryl methyl sites for hydroxylation is 2. The lowest BCUT2D eigenvalue weighted by molar-refractivity contribution is 0.579. The average molecular weight is 373 g/mol. The summed E-state index contributed by atoms with van der Waals surface area (Å²) in [4.78, 5) is 1.76. The first kappa shape index (κ1) is 17.2. The number of fused-ring (bicyclic) bond motifs is 1. The summed E-state index contributed by atoms with van der Waals surface area (Å²) in [6, 6.07) is 8.78. The molecule has 2 N–H and O–H groups in total. The predicted molar refractivity (Wildman–Crippen MR) is 106 cm³/mol. The Morgan fingerprint density at radius 1 is 0.846 bits per heavy atom. The van der Waals surface area contributed by atoms with Crippen molar-refractivity contribution < 1.29 is 8.78 Å². The molecule has 6 heteroatoms. The highest BCUT2D eigenvalue weighted by atomic mass is 32.1. The van der Waals surface area contributed by atoms with Gasteiger partial charge in [0, 0.05) is 24.5 Å². The molecule has 0 atom stereocenters. The predicted octanol–water partition coefficient (Wildman–Crippen LogP) is 4.86. The summed E-state index contributed by atoms with van der Waals surface area (Å²) < 4.78 is 28.8. The molecule has 0 saturated carbocycles. The Labute approximate surface area is 157 Å². The van der Waals surface area contributed by atoms with Gasteiger partial charge < -0.3 is 15.5 Å². The first-order valence-corrected chi connectivity index (χ1v) is 9.45. The fourth-order valence-corrected chi connectivity index (χ4v) is 4.06. The highest BCUT2D eigenvalue weighted by molar-refractivity contribution is 7.80. The van der Waals surface area contributed by atoms with Crippen LogP contribution in [0.15, 0.2) is 30.3 Å². The molecule has 1 fully saturated rings. The monoisotopic (exact) mass is 373 g/mol. The average Bonchev–Trinajstić information content (AvgIpc) is 3.25. The van der Waals surface area contributed by atoms with Gasteiger partial charge in [-0.2, -0.15) is 0 Å². The molecule has 0 spiro atoms. The van der Waals surface area contributed by atoms with Gasteiger partial charge in [0.05, 0.1) is 0 Å². The number of hydrogen-bond donors (Lipinski definition) is 2. The van der Waals surface area contributed by atoms with Crippen LogP contribution < -0.4 is 15.5 Å². The fraction of sp³-hybridized carbons (Fsp3) is 0.350. The van der Waals surface area contributed by atoms with E-state index in [0.29, 0.717) is 23.9 Å². The lowest BCUT2D eigenvalue weighted by Gasteiger charge is -2.20. The maximum Gasteiger partial charge on any atom is 0.175 e. The second kappa shape index (κ2) is 7.19. The molecule has 0 aromatic heterocycles. The molecular weight excluding hydrogens is 352 g/mol. The quantitative estimate of drug-likeness (QED) is 0.751. The molecule has 136 valence electrons. The Morgan fingerprint density at radius 3 is 2.23 bits per heavy atom. The largest absolute Gasteiger partial charge is 0.367 e. The normalized spacial score (nSPS) is 15.8. The van der Waals surface area contributed by atoms with Gasteiger partial charge in [0.15, 0.2) is 16.7 Å². The van der Waals surface area contributed by atoms with E-state index in [1.165, 1.54) is 29.7 Å². The van der Waals surface area contributed by atoms with Crippen molar-refractivity contribution in [1.82, 2.24) is 0 Å². The van der Waals surface area contributed by atoms with Crippen molar-refractivity contribution in [3.8, 4) is 0 Å². The Kier molecular flexibility index (Phi) is 4.76. The van der Waals surface area contributed by atoms with Crippen LogP contribution in [0.5, 0.6) is 0 Å². The van der Waals surface area contributed by atoms with Gasteiger partial charge in [0.2, 0.25) is 0 Å². The molecule has 0 bridgehead atoms. The van der Waals surface area contributed by atoms with Crippen molar-refractivity contribution in [3.63, 3.8) is 0 Å². The van der Waals surface area contributed by atoms with Gasteiger partial charge in [0.25, 0.3) is 0 Å². The highest BCUT2D eigenvalue weighted by Crippen LogP contribution is 2.30. The first-order chi connectivity index (χ1) is 12.6. The van der Waals surface area contributed by atoms with Crippen molar-refractivity contribution in [1.29, 1.82) is 0 Å². The molecule has 2 aliphatic rings. The highest BCUT2D eigenvalue weighted by Gasteiger charge is 2.21. The topological polar surface area (TPSA) is 27.3 Å². The second-order valence-corrected chi connectivity index (χ2v) is 7.31. The maximum absolute atomic E-state index is 14.4. The lowest BCUT2D eigenvalue weighted by Crippen LogP contribution is -2.22. The van der Waals surface area contributed by atoms with Gasteiger partial charge in [-0.15, -0.1) is 0 Å². The lowest BCUT2D eigenvalue weighted by atomic mass is 10.1. The van der Waals surface area contributed by atoms with E-state index in [0.717, 1.165) is 31.4 Å². The number of anilines is 3. The molecule has 1 heterocycles. The molecule has 1 aliphatic heterocycles. The minimum absolute atomic E-state index is 0.0607. The molecule has 1 saturated heterocycles. The van der Waals surface area contributed by atoms with E-state index in [1.54, 1.807) is 4.90 Å². The Hall–Kier alpha value is -2.21. The molecule has 3 nitrogen and oxygen atoms in total. The summed E-state index contributed by atoms with van der Waals surface area (Å²) in [7, 11) is 0. The fourth-order valence-electron chi connectivity index (χ4n) is 3.82. The second-order valence-electron chi connectivity index (χ2n) is 6.90. The SMILES string of the molecule is Fc1cc(NC(=S)Nc2ccc3c(c2)CCC3)cc(F)c1N1CCCC1. The van der Waals surface area contributed by atoms with Crippen LogP contribution in [-0.2, 0) is 12.8 Å². The van der Waals surface area contributed by atoms with Gasteiger partial charge in [0.1, 0.15) is 5.69 Å². The molecule has 0 unspecified atom stereocenters. The van der Waals surface area contributed by atoms with Crippen LogP contribution >= 0.6 is 12.2 Å². The van der Waals surface area contributed by atoms with Crippen LogP contribution in [-0.4, -0.2) is 18.2 Å². The molecule has 2 aromatic rings. The Morgan fingerprint density at radius 2 is 1.50 bits per heavy atom. The van der Waals surface area contributed by atoms with Gasteiger partial charge in [-0.1, -0.05) is 6.07 Å². The zero-order chi connectivity index (χ0) is 18.1. The molecule has 4 rings (SSSR count). The molecule has 1 aliphatic carbocycles. The number of halogens is 2. The molecular formula is C20H21F2N3S. The number of rotatable bonds is 3. The van der Waals surface area contributed by atoms with Crippen LogP contribution in [0.1, 0.15) is 30.4 Å². The van der Waals surface area contributed by atoms with Crippen LogP contribution in [0.25, 0.3) is 0 Å². The van der Waals surface area contributed by atoms with E-state index in [-0.39, 0.29) is 5.69 Å². The summed E-state index contributed by atoms with van der Waals surface area (Å²) in [6.07, 6.45) is 5.32. The van der Waals surface area contributed by atoms with Crippen LogP contribution in [0.2, 0.25) is 0 Å². The summed E-state index contributed by atoms with van der Waals surface area (Å²) in [5.74, 6) is -1.12. The van der Waals surface area contributed by atoms with Crippen LogP contribution in [0.3, 0.4) is 0 Å². The van der Waals surface area contributed by atoms with Crippen molar-refractivity contribution in [2.45, 2.75) is 32.1 Å². The summed E-state index contributed by atoms with van der Waals surface area (Å²) >= 11 is 5.30. The smallest absolute Gasteiger partial charge is 0.175 e. The third-order valence-electron chi connectivity index (χ3n) is 5.05. The van der Waals surface area contributed by atoms with E-state index in [2.05, 4.69) is 22.8 Å². The van der Waals surface area contributed by atoms with Crippen LogP contribution in [0.4, 0.5) is 25.8 Å². The van der Waals surface area contributed by atoms with E-state index in [9.17, 15) is 8.78 Å². The van der Waals surface area contributed by atoms with Gasteiger partial charge in [-0.25, -0.2) is 8.78 Å². The number of hydrogen-bond acceptors (Lipinski definition) is 2. The van der Waals surface area contributed by atoms with Crippen molar-refractivity contribution in [2.75, 3.05) is 28.6 Å². The van der Waals surface area contributed by atoms with Crippen molar-refractivity contribution in [2.24, 2.45) is 0 Å². The third kappa shape index (κ3) is 3.51. The van der Waals surface area contributed by atoms with Crippen LogP contribution in [0, 0.1) is 11.6 Å². The number of nitrogens with one attached hydrogen (secondary N) is 2. The summed E-state index contributed by atoms with van der Waals surface area (Å²) in [6.45, 7) is 1.39. The van der Waals surface area contributed by atoms with E-state index in [1.807, 2.05) is 6.07 Å². The van der Waals surface area contributed by atoms with Gasteiger partial charge in [-0.3, -0.25) is 0 Å². The maximum atomic E-state index is 14.4. The zero-order valence-electron chi connectivity index (χ0n) is 14.4. The van der Waals surface area contributed by atoms with Gasteiger partial charge in [-0.05, 0) is 79.7 Å². The third-order valence-corrected chi connectivity index (χ3v) is 5.26. The van der Waals surface area contributed by atoms with E-state index in [4.69, 9.17) is 12.2 Å². The first-order valence-electron chi connectivity index (χ1n) is 9.04. The zero-order valence-corrected chi connectivity index (χ0v) is 15.3. The summed E-state index contributed by atoms with van der Waals surface area (Å²) in [5.41, 5.74) is 3.98. The number of thiocarbonyl (C=S) groups is 1. The summed E-state index contributed by atoms with van der Waals surface area (Å²) in [5, 5.41) is 6.29. The number of benzene rings is 2. The van der Waals surface area contributed by atoms with Crippen molar-refractivity contribution >= 4 is 34.4 Å². The van der Waals surface area contributed by atoms with Crippen molar-refractivity contribution in [3.05, 3.63) is 53.1 Å². The minimum Gasteiger partial charge on any atom is -0.367 e. The Balaban J connectivity index is 1.45. The molecule has 26 heavy (non-hydrogen) atoms. The van der Waals surface area contributed by atoms with E-state index < -0.39 is 11.6 Å². The van der Waals surface area contributed by atoms with E-state index >= 15 is 0 Å². The minimum atomic E-state index is -0.560. The number of nitrogens with zero attached hydrogens (tertiary/aromatic N) is 1.